The molecule has 0 aliphatic carbocycles. The number of anilines is 1. The molecule has 7 nitrogen and oxygen atoms in total. The fraction of sp³-hybridized carbons (Fsp3) is 0.538. The molecule has 0 saturated carbocycles. The Bertz CT molecular complexity index is 477. The third-order valence-electron chi connectivity index (χ3n) is 3.17. The third kappa shape index (κ3) is 3.51. The van der Waals surface area contributed by atoms with Crippen molar-refractivity contribution in [2.75, 3.05) is 25.0 Å². The molecular formula is C13H19N5O2. The molecule has 20 heavy (non-hydrogen) atoms. The lowest BCUT2D eigenvalue weighted by Crippen LogP contribution is -2.58. The lowest BCUT2D eigenvalue weighted by molar-refractivity contribution is -0.132. The van der Waals surface area contributed by atoms with Crippen LogP contribution in [-0.4, -0.2) is 52.4 Å². The van der Waals surface area contributed by atoms with Crippen LogP contribution >= 0.6 is 0 Å². The van der Waals surface area contributed by atoms with Crippen LogP contribution in [0, 0.1) is 5.92 Å². The molecule has 0 spiro atoms. The van der Waals surface area contributed by atoms with Gasteiger partial charge in [0.1, 0.15) is 0 Å². The van der Waals surface area contributed by atoms with Crippen LogP contribution in [0.15, 0.2) is 18.6 Å². The minimum absolute atomic E-state index is 0.0152. The van der Waals surface area contributed by atoms with Gasteiger partial charge in [-0.1, -0.05) is 13.8 Å². The molecule has 0 bridgehead atoms. The second kappa shape index (κ2) is 6.42. The number of hydrogen-bond acceptors (Lipinski definition) is 5. The van der Waals surface area contributed by atoms with E-state index in [1.807, 2.05) is 18.7 Å². The van der Waals surface area contributed by atoms with Gasteiger partial charge in [-0.3, -0.25) is 19.5 Å². The zero-order chi connectivity index (χ0) is 14.5. The van der Waals surface area contributed by atoms with Gasteiger partial charge in [-0.15, -0.1) is 0 Å². The normalized spacial score (nSPS) is 19.8. The van der Waals surface area contributed by atoms with Crippen molar-refractivity contribution < 1.29 is 9.59 Å². The van der Waals surface area contributed by atoms with Gasteiger partial charge < -0.3 is 10.6 Å². The first-order chi connectivity index (χ1) is 9.58. The van der Waals surface area contributed by atoms with E-state index in [4.69, 9.17) is 0 Å². The molecule has 1 unspecified atom stereocenters. The van der Waals surface area contributed by atoms with E-state index in [0.717, 1.165) is 0 Å². The summed E-state index contributed by atoms with van der Waals surface area (Å²) in [4.78, 5) is 33.7. The summed E-state index contributed by atoms with van der Waals surface area (Å²) in [6.45, 7) is 5.36. The Labute approximate surface area is 117 Å². The van der Waals surface area contributed by atoms with Crippen LogP contribution in [0.4, 0.5) is 5.82 Å². The molecule has 1 aromatic rings. The molecule has 2 N–H and O–H groups in total. The fourth-order valence-corrected chi connectivity index (χ4v) is 2.36. The second-order valence-electron chi connectivity index (χ2n) is 5.09. The van der Waals surface area contributed by atoms with Crippen molar-refractivity contribution in [1.82, 2.24) is 20.2 Å². The number of aromatic nitrogens is 2. The molecule has 1 aliphatic rings. The number of nitrogens with zero attached hydrogens (tertiary/aromatic N) is 3. The van der Waals surface area contributed by atoms with Crippen molar-refractivity contribution in [1.29, 1.82) is 0 Å². The van der Waals surface area contributed by atoms with Gasteiger partial charge in [-0.05, 0) is 5.92 Å². The largest absolute Gasteiger partial charge is 0.353 e. The Balaban J connectivity index is 1.97. The lowest BCUT2D eigenvalue weighted by Gasteiger charge is -2.36. The average Bonchev–Trinajstić information content (AvgIpc) is 2.39. The van der Waals surface area contributed by atoms with Gasteiger partial charge in [-0.25, -0.2) is 4.98 Å². The number of carbonyl (C=O) groups excluding carboxylic acids is 2. The van der Waals surface area contributed by atoms with Gasteiger partial charge in [0.2, 0.25) is 11.8 Å². The van der Waals surface area contributed by atoms with Crippen molar-refractivity contribution >= 4 is 17.6 Å². The highest BCUT2D eigenvalue weighted by Crippen LogP contribution is 2.13. The topological polar surface area (TPSA) is 87.2 Å². The average molecular weight is 277 g/mol. The molecule has 2 heterocycles. The Morgan fingerprint density at radius 3 is 3.00 bits per heavy atom. The SMILES string of the molecule is CC(C)C1C(=O)NCCN1CC(=O)Nc1cnccn1. The molecule has 1 atom stereocenters. The van der Waals surface area contributed by atoms with Crippen molar-refractivity contribution in [2.24, 2.45) is 5.92 Å². The zero-order valence-corrected chi connectivity index (χ0v) is 11.7. The summed E-state index contributed by atoms with van der Waals surface area (Å²) >= 11 is 0. The second-order valence-corrected chi connectivity index (χ2v) is 5.09. The monoisotopic (exact) mass is 277 g/mol. The van der Waals surface area contributed by atoms with Crippen molar-refractivity contribution in [2.45, 2.75) is 19.9 Å². The minimum atomic E-state index is -0.267. The summed E-state index contributed by atoms with van der Waals surface area (Å²) in [6, 6.07) is -0.267. The molecule has 2 rings (SSSR count). The number of amides is 2. The van der Waals surface area contributed by atoms with Gasteiger partial charge in [0.25, 0.3) is 0 Å². The first-order valence-corrected chi connectivity index (χ1v) is 6.65. The summed E-state index contributed by atoms with van der Waals surface area (Å²) in [5, 5.41) is 5.51. The van der Waals surface area contributed by atoms with Crippen LogP contribution < -0.4 is 10.6 Å². The van der Waals surface area contributed by atoms with E-state index in [1.54, 1.807) is 6.20 Å². The number of nitrogens with one attached hydrogen (secondary N) is 2. The highest BCUT2D eigenvalue weighted by molar-refractivity contribution is 5.92. The van der Waals surface area contributed by atoms with Gasteiger partial charge in [0.05, 0.1) is 18.8 Å². The van der Waals surface area contributed by atoms with E-state index >= 15 is 0 Å². The molecule has 1 aromatic heterocycles. The van der Waals surface area contributed by atoms with Crippen LogP contribution in [0.25, 0.3) is 0 Å². The van der Waals surface area contributed by atoms with E-state index < -0.39 is 0 Å². The first-order valence-electron chi connectivity index (χ1n) is 6.65. The van der Waals surface area contributed by atoms with Crippen LogP contribution in [0.3, 0.4) is 0 Å². The Morgan fingerprint density at radius 1 is 1.55 bits per heavy atom. The molecular weight excluding hydrogens is 258 g/mol. The molecule has 1 saturated heterocycles. The Hall–Kier alpha value is -2.02. The Morgan fingerprint density at radius 2 is 2.35 bits per heavy atom. The molecule has 1 aliphatic heterocycles. The number of carbonyl (C=O) groups is 2. The number of piperazine rings is 1. The standard InChI is InChI=1S/C13H19N5O2/c1-9(2)12-13(20)16-5-6-18(12)8-11(19)17-10-7-14-3-4-15-10/h3-4,7,9,12H,5-6,8H2,1-2H3,(H,16,20)(H,15,17,19). The summed E-state index contributed by atoms with van der Waals surface area (Å²) in [7, 11) is 0. The summed E-state index contributed by atoms with van der Waals surface area (Å²) < 4.78 is 0. The van der Waals surface area contributed by atoms with Gasteiger partial charge in [0.15, 0.2) is 5.82 Å². The highest BCUT2D eigenvalue weighted by atomic mass is 16.2. The Kier molecular flexibility index (Phi) is 4.62. The smallest absolute Gasteiger partial charge is 0.239 e. The van der Waals surface area contributed by atoms with Crippen LogP contribution in [0.5, 0.6) is 0 Å². The zero-order valence-electron chi connectivity index (χ0n) is 11.7. The maximum absolute atomic E-state index is 12.0. The van der Waals surface area contributed by atoms with Gasteiger partial charge in [0, 0.05) is 25.5 Å². The predicted molar refractivity (Wildman–Crippen MR) is 73.9 cm³/mol. The van der Waals surface area contributed by atoms with Crippen LogP contribution in [0.1, 0.15) is 13.8 Å². The summed E-state index contributed by atoms with van der Waals surface area (Å²) in [6.07, 6.45) is 4.54. The molecule has 108 valence electrons. The van der Waals surface area contributed by atoms with Crippen molar-refractivity contribution in [3.05, 3.63) is 18.6 Å². The molecule has 0 radical (unpaired) electrons. The fourth-order valence-electron chi connectivity index (χ4n) is 2.36. The lowest BCUT2D eigenvalue weighted by atomic mass is 10.00. The van der Waals surface area contributed by atoms with Crippen LogP contribution in [0.2, 0.25) is 0 Å². The quantitative estimate of drug-likeness (QED) is 0.800. The van der Waals surface area contributed by atoms with E-state index in [9.17, 15) is 9.59 Å². The van der Waals surface area contributed by atoms with E-state index in [0.29, 0.717) is 18.9 Å². The summed E-state index contributed by atoms with van der Waals surface area (Å²) in [5.74, 6) is 0.365. The first kappa shape index (κ1) is 14.4. The number of rotatable bonds is 4. The number of hydrogen-bond donors (Lipinski definition) is 2. The molecule has 7 heteroatoms. The third-order valence-corrected chi connectivity index (χ3v) is 3.17. The van der Waals surface area contributed by atoms with E-state index in [1.165, 1.54) is 12.4 Å². The van der Waals surface area contributed by atoms with Crippen LogP contribution in [-0.2, 0) is 9.59 Å². The maximum Gasteiger partial charge on any atom is 0.239 e. The van der Waals surface area contributed by atoms with Gasteiger partial charge >= 0.3 is 0 Å². The van der Waals surface area contributed by atoms with Crippen molar-refractivity contribution in [3.63, 3.8) is 0 Å². The van der Waals surface area contributed by atoms with Gasteiger partial charge in [-0.2, -0.15) is 0 Å². The highest BCUT2D eigenvalue weighted by Gasteiger charge is 2.33. The van der Waals surface area contributed by atoms with E-state index in [-0.39, 0.29) is 30.3 Å². The minimum Gasteiger partial charge on any atom is -0.353 e. The predicted octanol–water partition coefficient (Wildman–Crippen LogP) is -0.128. The molecule has 0 aromatic carbocycles. The summed E-state index contributed by atoms with van der Waals surface area (Å²) in [5.41, 5.74) is 0. The molecule has 2 amide bonds. The van der Waals surface area contributed by atoms with Crippen molar-refractivity contribution in [3.8, 4) is 0 Å². The molecule has 1 fully saturated rings. The van der Waals surface area contributed by atoms with E-state index in [2.05, 4.69) is 20.6 Å². The maximum atomic E-state index is 12.0.